The van der Waals surface area contributed by atoms with Gasteiger partial charge < -0.3 is 4.42 Å². The van der Waals surface area contributed by atoms with Crippen molar-refractivity contribution >= 4 is 58.2 Å². The average Bonchev–Trinajstić information content (AvgIpc) is 3.22. The Morgan fingerprint density at radius 2 is 1.91 bits per heavy atom. The Morgan fingerprint density at radius 3 is 2.62 bits per heavy atom. The zero-order valence-electron chi connectivity index (χ0n) is 16.5. The first-order valence-electron chi connectivity index (χ1n) is 9.27. The van der Waals surface area contributed by atoms with E-state index in [4.69, 9.17) is 28.2 Å². The number of nitrogens with zero attached hydrogens (tertiary/aromatic N) is 2. The predicted octanol–water partition coefficient (Wildman–Crippen LogP) is 4.65. The molecule has 2 aromatic carbocycles. The van der Waals surface area contributed by atoms with E-state index >= 15 is 0 Å². The van der Waals surface area contributed by atoms with Gasteiger partial charge in [-0.1, -0.05) is 29.8 Å². The van der Waals surface area contributed by atoms with Gasteiger partial charge in [0.2, 0.25) is 0 Å². The zero-order valence-corrected chi connectivity index (χ0v) is 18.1. The van der Waals surface area contributed by atoms with Crippen molar-refractivity contribution in [3.63, 3.8) is 0 Å². The van der Waals surface area contributed by atoms with Crippen LogP contribution in [0.1, 0.15) is 11.3 Å². The summed E-state index contributed by atoms with van der Waals surface area (Å²) in [5.41, 5.74) is 1.17. The number of hydrogen-bond acceptors (Lipinski definition) is 6. The van der Waals surface area contributed by atoms with E-state index < -0.39 is 16.7 Å². The van der Waals surface area contributed by atoms with Crippen LogP contribution in [-0.2, 0) is 9.59 Å². The van der Waals surface area contributed by atoms with Crippen molar-refractivity contribution in [2.75, 3.05) is 4.90 Å². The van der Waals surface area contributed by atoms with E-state index in [-0.39, 0.29) is 33.5 Å². The normalized spacial score (nSPS) is 15.2. The summed E-state index contributed by atoms with van der Waals surface area (Å²) in [5, 5.41) is 14.1. The van der Waals surface area contributed by atoms with E-state index in [9.17, 15) is 19.7 Å². The highest BCUT2D eigenvalue weighted by molar-refractivity contribution is 7.80. The van der Waals surface area contributed by atoms with Gasteiger partial charge in [0.15, 0.2) is 5.11 Å². The summed E-state index contributed by atoms with van der Waals surface area (Å²) in [4.78, 5) is 37.5. The molecule has 0 aliphatic carbocycles. The quantitative estimate of drug-likeness (QED) is 0.197. The van der Waals surface area contributed by atoms with E-state index in [1.54, 1.807) is 36.4 Å². The van der Waals surface area contributed by atoms with Crippen molar-refractivity contribution in [3.05, 3.63) is 86.6 Å². The molecule has 0 atom stereocenters. The van der Waals surface area contributed by atoms with Crippen LogP contribution in [0.2, 0.25) is 5.02 Å². The molecule has 0 radical (unpaired) electrons. The van der Waals surface area contributed by atoms with E-state index in [1.165, 1.54) is 29.2 Å². The van der Waals surface area contributed by atoms with Crippen molar-refractivity contribution in [2.45, 2.75) is 6.92 Å². The SMILES string of the molecule is Cc1ccc(N2C(=O)/C(=C\c3ccc(-c4ccccc4[N+](=O)[O-])o3)C(=O)NC2=S)cc1Cl. The number of carbonyl (C=O) groups excluding carboxylic acids is 2. The summed E-state index contributed by atoms with van der Waals surface area (Å²) in [7, 11) is 0. The van der Waals surface area contributed by atoms with Gasteiger partial charge in [-0.2, -0.15) is 0 Å². The van der Waals surface area contributed by atoms with Crippen LogP contribution in [0.15, 0.2) is 64.6 Å². The average molecular weight is 468 g/mol. The van der Waals surface area contributed by atoms with Crippen LogP contribution in [0.3, 0.4) is 0 Å². The van der Waals surface area contributed by atoms with E-state index in [2.05, 4.69) is 5.32 Å². The topological polar surface area (TPSA) is 106 Å². The van der Waals surface area contributed by atoms with Crippen molar-refractivity contribution in [2.24, 2.45) is 0 Å². The van der Waals surface area contributed by atoms with Gasteiger partial charge in [0.25, 0.3) is 17.5 Å². The molecule has 3 aromatic rings. The van der Waals surface area contributed by atoms with Crippen LogP contribution in [0.5, 0.6) is 0 Å². The second-order valence-corrected chi connectivity index (χ2v) is 7.66. The Balaban J connectivity index is 1.70. The number of halogens is 1. The third-order valence-electron chi connectivity index (χ3n) is 4.79. The number of hydrogen-bond donors (Lipinski definition) is 1. The lowest BCUT2D eigenvalue weighted by molar-refractivity contribution is -0.384. The second-order valence-electron chi connectivity index (χ2n) is 6.87. The molecule has 1 N–H and O–H groups in total. The van der Waals surface area contributed by atoms with Crippen molar-refractivity contribution in [1.82, 2.24) is 5.32 Å². The molecule has 10 heteroatoms. The van der Waals surface area contributed by atoms with Crippen molar-refractivity contribution < 1.29 is 18.9 Å². The number of nitro groups is 1. The lowest BCUT2D eigenvalue weighted by Gasteiger charge is -2.29. The summed E-state index contributed by atoms with van der Waals surface area (Å²) >= 11 is 11.4. The maximum atomic E-state index is 13.1. The molecule has 1 aliphatic heterocycles. The third-order valence-corrected chi connectivity index (χ3v) is 5.49. The highest BCUT2D eigenvalue weighted by atomic mass is 35.5. The maximum absolute atomic E-state index is 13.1. The molecule has 1 aromatic heterocycles. The first-order chi connectivity index (χ1) is 15.3. The van der Waals surface area contributed by atoms with Gasteiger partial charge in [0.1, 0.15) is 17.1 Å². The van der Waals surface area contributed by atoms with Gasteiger partial charge in [0.05, 0.1) is 16.2 Å². The first kappa shape index (κ1) is 21.4. The van der Waals surface area contributed by atoms with Crippen LogP contribution in [0, 0.1) is 17.0 Å². The van der Waals surface area contributed by atoms with Crippen molar-refractivity contribution in [1.29, 1.82) is 0 Å². The summed E-state index contributed by atoms with van der Waals surface area (Å²) in [5.74, 6) is -0.933. The molecule has 32 heavy (non-hydrogen) atoms. The Bertz CT molecular complexity index is 1330. The Hall–Kier alpha value is -3.82. The van der Waals surface area contributed by atoms with Gasteiger partial charge in [0, 0.05) is 11.1 Å². The fourth-order valence-corrected chi connectivity index (χ4v) is 3.63. The second kappa shape index (κ2) is 8.37. The molecular formula is C22H14ClN3O5S. The number of carbonyl (C=O) groups is 2. The number of rotatable bonds is 4. The number of nitro benzene ring substituents is 1. The predicted molar refractivity (Wildman–Crippen MR) is 123 cm³/mol. The molecule has 4 rings (SSSR count). The number of amides is 2. The van der Waals surface area contributed by atoms with Gasteiger partial charge in [-0.05, 0) is 61.1 Å². The lowest BCUT2D eigenvalue weighted by Crippen LogP contribution is -2.54. The minimum Gasteiger partial charge on any atom is -0.456 e. The van der Waals surface area contributed by atoms with Gasteiger partial charge >= 0.3 is 0 Å². The van der Waals surface area contributed by atoms with Crippen LogP contribution < -0.4 is 10.2 Å². The zero-order chi connectivity index (χ0) is 23.0. The maximum Gasteiger partial charge on any atom is 0.280 e. The molecule has 0 bridgehead atoms. The number of furan rings is 1. The van der Waals surface area contributed by atoms with E-state index in [1.807, 2.05) is 6.92 Å². The smallest absolute Gasteiger partial charge is 0.280 e. The van der Waals surface area contributed by atoms with Crippen molar-refractivity contribution in [3.8, 4) is 11.3 Å². The molecule has 0 saturated carbocycles. The number of thiocarbonyl (C=S) groups is 1. The molecule has 1 aliphatic rings. The van der Waals surface area contributed by atoms with Gasteiger partial charge in [-0.3, -0.25) is 29.9 Å². The Labute approximate surface area is 192 Å². The minimum atomic E-state index is -0.682. The molecule has 1 fully saturated rings. The summed E-state index contributed by atoms with van der Waals surface area (Å²) in [6.45, 7) is 1.82. The summed E-state index contributed by atoms with van der Waals surface area (Å²) in [6.07, 6.45) is 1.26. The number of aryl methyl sites for hydroxylation is 1. The first-order valence-corrected chi connectivity index (χ1v) is 10.1. The minimum absolute atomic E-state index is 0.0721. The lowest BCUT2D eigenvalue weighted by atomic mass is 10.1. The summed E-state index contributed by atoms with van der Waals surface area (Å²) < 4.78 is 5.68. The van der Waals surface area contributed by atoms with Crippen LogP contribution in [-0.4, -0.2) is 21.9 Å². The summed E-state index contributed by atoms with van der Waals surface area (Å²) in [6, 6.07) is 14.1. The largest absolute Gasteiger partial charge is 0.456 e. The van der Waals surface area contributed by atoms with Gasteiger partial charge in [-0.15, -0.1) is 0 Å². The molecule has 2 heterocycles. The standard InChI is InChI=1S/C22H14ClN3O5S/c1-12-6-7-13(10-17(12)23)25-21(28)16(20(27)24-22(25)32)11-14-8-9-19(31-14)15-4-2-3-5-18(15)26(29)30/h2-11H,1H3,(H,24,27,32)/b16-11-. The third kappa shape index (κ3) is 3.91. The monoisotopic (exact) mass is 467 g/mol. The number of benzene rings is 2. The highest BCUT2D eigenvalue weighted by Crippen LogP contribution is 2.32. The van der Waals surface area contributed by atoms with Gasteiger partial charge in [-0.25, -0.2) is 0 Å². The molecule has 1 saturated heterocycles. The fraction of sp³-hybridized carbons (Fsp3) is 0.0455. The van der Waals surface area contributed by atoms with E-state index in [0.717, 1.165) is 5.56 Å². The molecule has 8 nitrogen and oxygen atoms in total. The highest BCUT2D eigenvalue weighted by Gasteiger charge is 2.35. The van der Waals surface area contributed by atoms with E-state index in [0.29, 0.717) is 10.7 Å². The number of para-hydroxylation sites is 1. The number of anilines is 1. The Morgan fingerprint density at radius 1 is 1.16 bits per heavy atom. The molecule has 0 spiro atoms. The van der Waals surface area contributed by atoms with Crippen LogP contribution in [0.25, 0.3) is 17.4 Å². The van der Waals surface area contributed by atoms with Crippen LogP contribution in [0.4, 0.5) is 11.4 Å². The number of nitrogens with one attached hydrogen (secondary N) is 1. The molecular weight excluding hydrogens is 454 g/mol. The molecule has 0 unspecified atom stereocenters. The fourth-order valence-electron chi connectivity index (χ4n) is 3.17. The Kier molecular flexibility index (Phi) is 5.60. The van der Waals surface area contributed by atoms with Crippen LogP contribution >= 0.6 is 23.8 Å². The molecule has 160 valence electrons. The molecule has 2 amide bonds.